The van der Waals surface area contributed by atoms with E-state index in [2.05, 4.69) is 50.4 Å². The maximum Gasteiger partial charge on any atom is 0.0342 e. The van der Waals surface area contributed by atoms with Crippen molar-refractivity contribution in [2.75, 3.05) is 5.32 Å². The number of nitrogens with one attached hydrogen (secondary N) is 1. The minimum absolute atomic E-state index is 0.675. The van der Waals surface area contributed by atoms with Gasteiger partial charge in [-0.3, -0.25) is 0 Å². The van der Waals surface area contributed by atoms with Gasteiger partial charge in [-0.05, 0) is 48.8 Å². The Morgan fingerprint density at radius 2 is 1.89 bits per heavy atom. The van der Waals surface area contributed by atoms with Crippen LogP contribution in [0.15, 0.2) is 24.3 Å². The molecule has 1 heteroatoms. The first kappa shape index (κ1) is 13.5. The molecule has 0 amide bonds. The molecule has 100 valence electrons. The molecule has 1 nitrogen and oxygen atoms in total. The Labute approximate surface area is 112 Å². The predicted molar refractivity (Wildman–Crippen MR) is 80.2 cm³/mol. The maximum absolute atomic E-state index is 3.73. The lowest BCUT2D eigenvalue weighted by Crippen LogP contribution is -2.23. The molecule has 1 aromatic rings. The largest absolute Gasteiger partial charge is 0.382 e. The van der Waals surface area contributed by atoms with Crippen LogP contribution in [0, 0.1) is 5.92 Å². The van der Waals surface area contributed by atoms with E-state index in [-0.39, 0.29) is 0 Å². The van der Waals surface area contributed by atoms with Crippen molar-refractivity contribution in [3.63, 3.8) is 0 Å². The van der Waals surface area contributed by atoms with Crippen molar-refractivity contribution in [3.8, 4) is 0 Å². The quantitative estimate of drug-likeness (QED) is 0.752. The minimum atomic E-state index is 0.675. The van der Waals surface area contributed by atoms with Gasteiger partial charge >= 0.3 is 0 Å². The van der Waals surface area contributed by atoms with E-state index in [1.54, 1.807) is 0 Å². The summed E-state index contributed by atoms with van der Waals surface area (Å²) >= 11 is 0. The molecule has 1 N–H and O–H groups in total. The first-order valence-corrected chi connectivity index (χ1v) is 7.61. The second kappa shape index (κ2) is 6.26. The molecule has 1 saturated carbocycles. The van der Waals surface area contributed by atoms with Crippen LogP contribution in [0.25, 0.3) is 0 Å². The number of benzene rings is 1. The minimum Gasteiger partial charge on any atom is -0.382 e. The predicted octanol–water partition coefficient (Wildman–Crippen LogP) is 5.19. The molecule has 0 saturated heterocycles. The summed E-state index contributed by atoms with van der Waals surface area (Å²) in [5, 5.41) is 3.73. The van der Waals surface area contributed by atoms with Crippen LogP contribution < -0.4 is 5.32 Å². The standard InChI is InChI=1S/C17H27N/c1-4-13(3)15-9-11-16(12-10-15)18-17-8-6-7-14(17)5-2/h9-14,17-18H,4-8H2,1-3H3. The molecule has 3 unspecified atom stereocenters. The van der Waals surface area contributed by atoms with Crippen LogP contribution in [0.1, 0.15) is 64.4 Å². The summed E-state index contributed by atoms with van der Waals surface area (Å²) in [6, 6.07) is 9.78. The fraction of sp³-hybridized carbons (Fsp3) is 0.647. The molecular weight excluding hydrogens is 218 g/mol. The molecule has 0 spiro atoms. The van der Waals surface area contributed by atoms with Crippen LogP contribution in [-0.4, -0.2) is 6.04 Å². The van der Waals surface area contributed by atoms with Gasteiger partial charge in [-0.2, -0.15) is 0 Å². The Bertz CT molecular complexity index is 354. The lowest BCUT2D eigenvalue weighted by molar-refractivity contribution is 0.489. The number of rotatable bonds is 5. The highest BCUT2D eigenvalue weighted by Crippen LogP contribution is 2.31. The van der Waals surface area contributed by atoms with E-state index in [1.807, 2.05) is 0 Å². The van der Waals surface area contributed by atoms with Crippen LogP contribution in [0.4, 0.5) is 5.69 Å². The molecule has 0 heterocycles. The Morgan fingerprint density at radius 1 is 1.17 bits per heavy atom. The lowest BCUT2D eigenvalue weighted by Gasteiger charge is -2.21. The molecule has 1 fully saturated rings. The van der Waals surface area contributed by atoms with Gasteiger partial charge < -0.3 is 5.32 Å². The van der Waals surface area contributed by atoms with Crippen molar-refractivity contribution in [3.05, 3.63) is 29.8 Å². The van der Waals surface area contributed by atoms with E-state index < -0.39 is 0 Å². The zero-order valence-corrected chi connectivity index (χ0v) is 12.1. The normalized spacial score (nSPS) is 25.1. The van der Waals surface area contributed by atoms with Crippen molar-refractivity contribution in [2.24, 2.45) is 5.92 Å². The summed E-state index contributed by atoms with van der Waals surface area (Å²) in [5.41, 5.74) is 2.76. The summed E-state index contributed by atoms with van der Waals surface area (Å²) in [4.78, 5) is 0. The van der Waals surface area contributed by atoms with Gasteiger partial charge in [-0.1, -0.05) is 45.7 Å². The second-order valence-corrected chi connectivity index (χ2v) is 5.78. The maximum atomic E-state index is 3.73. The molecule has 18 heavy (non-hydrogen) atoms. The number of hydrogen-bond donors (Lipinski definition) is 1. The Morgan fingerprint density at radius 3 is 2.50 bits per heavy atom. The molecule has 0 aromatic heterocycles. The summed E-state index contributed by atoms with van der Waals surface area (Å²) in [6.45, 7) is 6.87. The molecule has 0 bridgehead atoms. The Kier molecular flexibility index (Phi) is 4.68. The second-order valence-electron chi connectivity index (χ2n) is 5.78. The van der Waals surface area contributed by atoms with Crippen LogP contribution in [0.3, 0.4) is 0 Å². The fourth-order valence-electron chi connectivity index (χ4n) is 3.07. The molecule has 1 aromatic carbocycles. The Balaban J connectivity index is 1.97. The van der Waals surface area contributed by atoms with Crippen LogP contribution in [0.2, 0.25) is 0 Å². The molecule has 1 aliphatic rings. The Hall–Kier alpha value is -0.980. The number of hydrogen-bond acceptors (Lipinski definition) is 1. The van der Waals surface area contributed by atoms with Crippen LogP contribution >= 0.6 is 0 Å². The van der Waals surface area contributed by atoms with Gasteiger partial charge in [0.2, 0.25) is 0 Å². The zero-order chi connectivity index (χ0) is 13.0. The monoisotopic (exact) mass is 245 g/mol. The first-order valence-electron chi connectivity index (χ1n) is 7.61. The van der Waals surface area contributed by atoms with Gasteiger partial charge in [0.25, 0.3) is 0 Å². The summed E-state index contributed by atoms with van der Waals surface area (Å²) in [5.74, 6) is 1.55. The number of anilines is 1. The molecule has 1 aliphatic carbocycles. The van der Waals surface area contributed by atoms with Gasteiger partial charge in [0, 0.05) is 11.7 Å². The van der Waals surface area contributed by atoms with E-state index in [1.165, 1.54) is 43.4 Å². The highest BCUT2D eigenvalue weighted by Gasteiger charge is 2.25. The SMILES string of the molecule is CCC(C)c1ccc(NC2CCCC2CC)cc1. The molecule has 2 rings (SSSR count). The van der Waals surface area contributed by atoms with Gasteiger partial charge in [0.1, 0.15) is 0 Å². The van der Waals surface area contributed by atoms with Gasteiger partial charge in [-0.25, -0.2) is 0 Å². The molecule has 0 aliphatic heterocycles. The third-order valence-corrected chi connectivity index (χ3v) is 4.63. The molecular formula is C17H27N. The lowest BCUT2D eigenvalue weighted by atomic mass is 9.98. The first-order chi connectivity index (χ1) is 8.74. The smallest absolute Gasteiger partial charge is 0.0342 e. The average Bonchev–Trinajstić information content (AvgIpc) is 2.86. The van der Waals surface area contributed by atoms with Gasteiger partial charge in [0.15, 0.2) is 0 Å². The van der Waals surface area contributed by atoms with E-state index >= 15 is 0 Å². The average molecular weight is 245 g/mol. The van der Waals surface area contributed by atoms with Gasteiger partial charge in [-0.15, -0.1) is 0 Å². The molecule has 3 atom stereocenters. The van der Waals surface area contributed by atoms with Crippen molar-refractivity contribution < 1.29 is 0 Å². The topological polar surface area (TPSA) is 12.0 Å². The highest BCUT2D eigenvalue weighted by atomic mass is 14.9. The highest BCUT2D eigenvalue weighted by molar-refractivity contribution is 5.46. The van der Waals surface area contributed by atoms with Crippen molar-refractivity contribution in [1.29, 1.82) is 0 Å². The fourth-order valence-corrected chi connectivity index (χ4v) is 3.07. The van der Waals surface area contributed by atoms with Crippen molar-refractivity contribution in [2.45, 2.75) is 64.8 Å². The van der Waals surface area contributed by atoms with Crippen molar-refractivity contribution >= 4 is 5.69 Å². The van der Waals surface area contributed by atoms with E-state index in [0.717, 1.165) is 5.92 Å². The van der Waals surface area contributed by atoms with E-state index in [4.69, 9.17) is 0 Å². The third kappa shape index (κ3) is 3.07. The van der Waals surface area contributed by atoms with Crippen LogP contribution in [-0.2, 0) is 0 Å². The summed E-state index contributed by atoms with van der Waals surface area (Å²) in [7, 11) is 0. The molecule has 0 radical (unpaired) electrons. The van der Waals surface area contributed by atoms with E-state index in [0.29, 0.717) is 12.0 Å². The summed E-state index contributed by atoms with van der Waals surface area (Å²) in [6.07, 6.45) is 6.65. The van der Waals surface area contributed by atoms with Crippen LogP contribution in [0.5, 0.6) is 0 Å². The van der Waals surface area contributed by atoms with E-state index in [9.17, 15) is 0 Å². The van der Waals surface area contributed by atoms with Gasteiger partial charge in [0.05, 0.1) is 0 Å². The zero-order valence-electron chi connectivity index (χ0n) is 12.1. The van der Waals surface area contributed by atoms with Crippen molar-refractivity contribution in [1.82, 2.24) is 0 Å². The third-order valence-electron chi connectivity index (χ3n) is 4.63. The summed E-state index contributed by atoms with van der Waals surface area (Å²) < 4.78 is 0.